The van der Waals surface area contributed by atoms with Gasteiger partial charge in [-0.25, -0.2) is 0 Å². The molecule has 2 rings (SSSR count). The fraction of sp³-hybridized carbons (Fsp3) is 0.611. The molecule has 1 aromatic carbocycles. The monoisotopic (exact) mass is 321 g/mol. The number of ether oxygens (including phenoxy) is 1. The van der Waals surface area contributed by atoms with Gasteiger partial charge in [0.1, 0.15) is 5.75 Å². The molecule has 22 heavy (non-hydrogen) atoms. The van der Waals surface area contributed by atoms with Crippen LogP contribution in [-0.2, 0) is 0 Å². The summed E-state index contributed by atoms with van der Waals surface area (Å²) in [4.78, 5) is 12.1. The van der Waals surface area contributed by atoms with Gasteiger partial charge in [0.2, 0.25) is 0 Å². The van der Waals surface area contributed by atoms with Crippen molar-refractivity contribution in [3.8, 4) is 5.75 Å². The van der Waals surface area contributed by atoms with Gasteiger partial charge in [0, 0.05) is 23.1 Å². The van der Waals surface area contributed by atoms with E-state index in [-0.39, 0.29) is 12.0 Å². The Morgan fingerprint density at radius 3 is 2.55 bits per heavy atom. The maximum atomic E-state index is 12.1. The van der Waals surface area contributed by atoms with Crippen molar-refractivity contribution in [2.45, 2.75) is 57.3 Å². The lowest BCUT2D eigenvalue weighted by molar-refractivity contribution is 0.0956. The molecule has 0 aliphatic heterocycles. The van der Waals surface area contributed by atoms with E-state index in [4.69, 9.17) is 4.74 Å². The molecule has 1 aliphatic carbocycles. The van der Waals surface area contributed by atoms with Crippen LogP contribution < -0.4 is 10.1 Å². The van der Waals surface area contributed by atoms with E-state index in [1.165, 1.54) is 32.1 Å². The van der Waals surface area contributed by atoms with Gasteiger partial charge in [0.05, 0.1) is 6.10 Å². The molecule has 1 aromatic rings. The van der Waals surface area contributed by atoms with Crippen LogP contribution in [0.1, 0.15) is 56.3 Å². The summed E-state index contributed by atoms with van der Waals surface area (Å²) in [6.07, 6.45) is 6.97. The van der Waals surface area contributed by atoms with Crippen LogP contribution in [0.2, 0.25) is 0 Å². The van der Waals surface area contributed by atoms with Crippen molar-refractivity contribution in [1.82, 2.24) is 5.32 Å². The van der Waals surface area contributed by atoms with Gasteiger partial charge in [-0.1, -0.05) is 19.3 Å². The normalized spacial score (nSPS) is 15.8. The number of carbonyl (C=O) groups excluding carboxylic acids is 1. The highest BCUT2D eigenvalue weighted by atomic mass is 32.2. The van der Waals surface area contributed by atoms with E-state index in [1.807, 2.05) is 49.9 Å². The highest BCUT2D eigenvalue weighted by molar-refractivity contribution is 7.99. The second-order valence-corrected chi connectivity index (χ2v) is 7.49. The van der Waals surface area contributed by atoms with Crippen molar-refractivity contribution in [3.63, 3.8) is 0 Å². The van der Waals surface area contributed by atoms with Crippen LogP contribution in [0.5, 0.6) is 5.75 Å². The minimum absolute atomic E-state index is 0.000316. The van der Waals surface area contributed by atoms with Gasteiger partial charge in [-0.2, -0.15) is 11.8 Å². The SMILES string of the molecule is CC(C)Oc1ccc(C(=O)NCCSC2CCCCC2)cc1. The first-order chi connectivity index (χ1) is 10.6. The molecule has 0 aromatic heterocycles. The zero-order valence-electron chi connectivity index (χ0n) is 13.6. The minimum atomic E-state index is 0.000316. The number of benzene rings is 1. The largest absolute Gasteiger partial charge is 0.491 e. The Morgan fingerprint density at radius 1 is 1.23 bits per heavy atom. The van der Waals surface area contributed by atoms with Gasteiger partial charge in [-0.3, -0.25) is 4.79 Å². The van der Waals surface area contributed by atoms with Crippen molar-refractivity contribution < 1.29 is 9.53 Å². The highest BCUT2D eigenvalue weighted by Crippen LogP contribution is 2.27. The highest BCUT2D eigenvalue weighted by Gasteiger charge is 2.13. The lowest BCUT2D eigenvalue weighted by Crippen LogP contribution is -2.26. The predicted octanol–water partition coefficient (Wildman–Crippen LogP) is 4.27. The van der Waals surface area contributed by atoms with Crippen molar-refractivity contribution in [3.05, 3.63) is 29.8 Å². The maximum Gasteiger partial charge on any atom is 0.251 e. The second kappa shape index (κ2) is 9.09. The summed E-state index contributed by atoms with van der Waals surface area (Å²) < 4.78 is 5.58. The van der Waals surface area contributed by atoms with Gasteiger partial charge >= 0.3 is 0 Å². The first-order valence-corrected chi connectivity index (χ1v) is 9.36. The Hall–Kier alpha value is -1.16. The third-order valence-electron chi connectivity index (χ3n) is 3.78. The summed E-state index contributed by atoms with van der Waals surface area (Å²) in [7, 11) is 0. The smallest absolute Gasteiger partial charge is 0.251 e. The van der Waals surface area contributed by atoms with Crippen LogP contribution in [0, 0.1) is 0 Å². The molecule has 0 unspecified atom stereocenters. The first kappa shape index (κ1) is 17.2. The van der Waals surface area contributed by atoms with E-state index in [2.05, 4.69) is 5.32 Å². The van der Waals surface area contributed by atoms with E-state index in [9.17, 15) is 4.79 Å². The van der Waals surface area contributed by atoms with Crippen LogP contribution >= 0.6 is 11.8 Å². The summed E-state index contributed by atoms with van der Waals surface area (Å²) in [6.45, 7) is 4.72. The van der Waals surface area contributed by atoms with E-state index in [0.717, 1.165) is 23.3 Å². The first-order valence-electron chi connectivity index (χ1n) is 8.31. The molecule has 1 amide bonds. The Bertz CT molecular complexity index is 453. The third kappa shape index (κ3) is 5.91. The van der Waals surface area contributed by atoms with Crippen molar-refractivity contribution >= 4 is 17.7 Å². The molecule has 122 valence electrons. The summed E-state index contributed by atoms with van der Waals surface area (Å²) in [6, 6.07) is 7.35. The fourth-order valence-corrected chi connectivity index (χ4v) is 3.90. The summed E-state index contributed by atoms with van der Waals surface area (Å²) >= 11 is 2.01. The summed E-state index contributed by atoms with van der Waals surface area (Å²) in [5.41, 5.74) is 0.693. The summed E-state index contributed by atoms with van der Waals surface area (Å²) in [5, 5.41) is 3.80. The number of hydrogen-bond donors (Lipinski definition) is 1. The average Bonchev–Trinajstić information content (AvgIpc) is 2.52. The lowest BCUT2D eigenvalue weighted by atomic mass is 10.0. The molecular formula is C18H27NO2S. The molecule has 0 heterocycles. The molecule has 1 saturated carbocycles. The van der Waals surface area contributed by atoms with Crippen LogP contribution in [0.25, 0.3) is 0 Å². The Labute approximate surface area is 138 Å². The molecular weight excluding hydrogens is 294 g/mol. The third-order valence-corrected chi connectivity index (χ3v) is 5.16. The minimum Gasteiger partial charge on any atom is -0.491 e. The zero-order chi connectivity index (χ0) is 15.8. The number of rotatable bonds is 7. The number of carbonyl (C=O) groups is 1. The molecule has 0 spiro atoms. The molecule has 0 saturated heterocycles. The molecule has 0 radical (unpaired) electrons. The van der Waals surface area contributed by atoms with Gasteiger partial charge in [-0.15, -0.1) is 0 Å². The van der Waals surface area contributed by atoms with Crippen molar-refractivity contribution in [2.75, 3.05) is 12.3 Å². The van der Waals surface area contributed by atoms with E-state index >= 15 is 0 Å². The van der Waals surface area contributed by atoms with Gasteiger partial charge in [0.15, 0.2) is 0 Å². The molecule has 1 fully saturated rings. The van der Waals surface area contributed by atoms with E-state index in [1.54, 1.807) is 0 Å². The van der Waals surface area contributed by atoms with Crippen LogP contribution in [0.15, 0.2) is 24.3 Å². The lowest BCUT2D eigenvalue weighted by Gasteiger charge is -2.20. The topological polar surface area (TPSA) is 38.3 Å². The van der Waals surface area contributed by atoms with E-state index in [0.29, 0.717) is 5.56 Å². The fourth-order valence-electron chi connectivity index (χ4n) is 2.68. The number of thioether (sulfide) groups is 1. The van der Waals surface area contributed by atoms with Crippen LogP contribution in [-0.4, -0.2) is 29.6 Å². The standard InChI is InChI=1S/C18H27NO2S/c1-14(2)21-16-10-8-15(9-11-16)18(20)19-12-13-22-17-6-4-3-5-7-17/h8-11,14,17H,3-7,12-13H2,1-2H3,(H,19,20). The van der Waals surface area contributed by atoms with Gasteiger partial charge in [-0.05, 0) is 51.0 Å². The molecule has 3 nitrogen and oxygen atoms in total. The number of amides is 1. The van der Waals surface area contributed by atoms with Crippen molar-refractivity contribution in [1.29, 1.82) is 0 Å². The maximum absolute atomic E-state index is 12.1. The Morgan fingerprint density at radius 2 is 1.91 bits per heavy atom. The van der Waals surface area contributed by atoms with Crippen molar-refractivity contribution in [2.24, 2.45) is 0 Å². The van der Waals surface area contributed by atoms with Gasteiger partial charge in [0.25, 0.3) is 5.91 Å². The molecule has 0 atom stereocenters. The second-order valence-electron chi connectivity index (χ2n) is 6.08. The molecule has 1 aliphatic rings. The Balaban J connectivity index is 1.68. The summed E-state index contributed by atoms with van der Waals surface area (Å²) in [5.74, 6) is 1.81. The molecule has 4 heteroatoms. The van der Waals surface area contributed by atoms with E-state index < -0.39 is 0 Å². The number of hydrogen-bond acceptors (Lipinski definition) is 3. The van der Waals surface area contributed by atoms with Crippen LogP contribution in [0.4, 0.5) is 0 Å². The van der Waals surface area contributed by atoms with Gasteiger partial charge < -0.3 is 10.1 Å². The predicted molar refractivity (Wildman–Crippen MR) is 93.9 cm³/mol. The Kier molecular flexibility index (Phi) is 7.10. The zero-order valence-corrected chi connectivity index (χ0v) is 14.5. The number of nitrogens with one attached hydrogen (secondary N) is 1. The molecule has 1 N–H and O–H groups in total. The molecule has 0 bridgehead atoms. The van der Waals surface area contributed by atoms with Crippen LogP contribution in [0.3, 0.4) is 0 Å². The quantitative estimate of drug-likeness (QED) is 0.762. The average molecular weight is 321 g/mol.